The zero-order valence-corrected chi connectivity index (χ0v) is 12.9. The molecule has 0 atom stereocenters. The van der Waals surface area contributed by atoms with E-state index in [1.165, 1.54) is 18.4 Å². The molecule has 0 unspecified atom stereocenters. The predicted octanol–water partition coefficient (Wildman–Crippen LogP) is 2.59. The van der Waals surface area contributed by atoms with E-state index in [2.05, 4.69) is 42.0 Å². The first kappa shape index (κ1) is 14.8. The van der Waals surface area contributed by atoms with Crippen LogP contribution < -0.4 is 5.32 Å². The maximum Gasteiger partial charge on any atom is 0.194 e. The average Bonchev–Trinajstić information content (AvgIpc) is 2.46. The first-order valence-electron chi connectivity index (χ1n) is 7.64. The molecular formula is C16H26N4. The molecular weight excluding hydrogens is 248 g/mol. The number of piperidine rings is 1. The molecule has 4 nitrogen and oxygen atoms in total. The number of hydrogen-bond acceptors (Lipinski definition) is 2. The van der Waals surface area contributed by atoms with Crippen LogP contribution in [0.15, 0.2) is 23.3 Å². The van der Waals surface area contributed by atoms with Gasteiger partial charge in [-0.25, -0.2) is 4.99 Å². The largest absolute Gasteiger partial charge is 0.357 e. The number of guanidine groups is 1. The van der Waals surface area contributed by atoms with Crippen LogP contribution in [0.4, 0.5) is 0 Å². The highest BCUT2D eigenvalue weighted by atomic mass is 15.3. The van der Waals surface area contributed by atoms with Crippen LogP contribution in [0.25, 0.3) is 0 Å². The lowest BCUT2D eigenvalue weighted by atomic mass is 10.00. The van der Waals surface area contributed by atoms with Crippen molar-refractivity contribution in [2.45, 2.75) is 40.2 Å². The topological polar surface area (TPSA) is 40.5 Å². The Morgan fingerprint density at radius 3 is 2.85 bits per heavy atom. The van der Waals surface area contributed by atoms with E-state index < -0.39 is 0 Å². The van der Waals surface area contributed by atoms with Crippen molar-refractivity contribution in [2.24, 2.45) is 10.9 Å². The van der Waals surface area contributed by atoms with Crippen LogP contribution in [-0.2, 0) is 6.54 Å². The van der Waals surface area contributed by atoms with Crippen molar-refractivity contribution in [3.05, 3.63) is 29.6 Å². The number of aliphatic imine (C=N–C) groups is 1. The van der Waals surface area contributed by atoms with Crippen LogP contribution in [0.5, 0.6) is 0 Å². The lowest BCUT2D eigenvalue weighted by molar-refractivity contribution is 0.273. The summed E-state index contributed by atoms with van der Waals surface area (Å²) >= 11 is 0. The van der Waals surface area contributed by atoms with Crippen LogP contribution in [-0.4, -0.2) is 35.5 Å². The Bertz CT molecular complexity index is 448. The van der Waals surface area contributed by atoms with E-state index >= 15 is 0 Å². The summed E-state index contributed by atoms with van der Waals surface area (Å²) in [7, 11) is 0. The molecule has 2 heterocycles. The van der Waals surface area contributed by atoms with E-state index in [1.54, 1.807) is 0 Å². The van der Waals surface area contributed by atoms with Crippen molar-refractivity contribution in [1.29, 1.82) is 0 Å². The van der Waals surface area contributed by atoms with Gasteiger partial charge in [-0.05, 0) is 44.2 Å². The minimum atomic E-state index is 0.654. The molecule has 1 aromatic rings. The number of nitrogens with one attached hydrogen (secondary N) is 1. The molecule has 1 aliphatic rings. The molecule has 1 fully saturated rings. The molecule has 1 N–H and O–H groups in total. The first-order chi connectivity index (χ1) is 9.70. The van der Waals surface area contributed by atoms with E-state index in [-0.39, 0.29) is 0 Å². The van der Waals surface area contributed by atoms with E-state index in [0.717, 1.165) is 37.2 Å². The summed E-state index contributed by atoms with van der Waals surface area (Å²) < 4.78 is 0. The molecule has 2 rings (SSSR count). The molecule has 4 heteroatoms. The van der Waals surface area contributed by atoms with Gasteiger partial charge in [-0.3, -0.25) is 4.98 Å². The average molecular weight is 274 g/mol. The fourth-order valence-corrected chi connectivity index (χ4v) is 2.48. The summed E-state index contributed by atoms with van der Waals surface area (Å²) in [5.41, 5.74) is 2.27. The molecule has 20 heavy (non-hydrogen) atoms. The van der Waals surface area contributed by atoms with E-state index in [1.807, 2.05) is 12.3 Å². The zero-order chi connectivity index (χ0) is 14.4. The van der Waals surface area contributed by atoms with Crippen LogP contribution in [0.2, 0.25) is 0 Å². The molecule has 1 aromatic heterocycles. The van der Waals surface area contributed by atoms with Gasteiger partial charge in [0.2, 0.25) is 0 Å². The van der Waals surface area contributed by atoms with E-state index in [9.17, 15) is 0 Å². The molecule has 0 saturated carbocycles. The van der Waals surface area contributed by atoms with Gasteiger partial charge in [0.25, 0.3) is 0 Å². The highest BCUT2D eigenvalue weighted by Gasteiger charge is 2.18. The monoisotopic (exact) mass is 274 g/mol. The Kier molecular flexibility index (Phi) is 5.39. The van der Waals surface area contributed by atoms with Crippen LogP contribution >= 0.6 is 0 Å². The van der Waals surface area contributed by atoms with Gasteiger partial charge in [0.05, 0.1) is 12.2 Å². The molecule has 0 bridgehead atoms. The molecule has 0 aliphatic carbocycles. The molecule has 1 aliphatic heterocycles. The first-order valence-corrected chi connectivity index (χ1v) is 7.64. The second-order valence-electron chi connectivity index (χ2n) is 5.61. The van der Waals surface area contributed by atoms with Gasteiger partial charge in [0.1, 0.15) is 0 Å². The summed E-state index contributed by atoms with van der Waals surface area (Å²) in [6, 6.07) is 4.06. The Labute approximate surface area is 122 Å². The predicted molar refractivity (Wildman–Crippen MR) is 83.8 cm³/mol. The zero-order valence-electron chi connectivity index (χ0n) is 12.9. The number of aromatic nitrogens is 1. The van der Waals surface area contributed by atoms with Crippen molar-refractivity contribution in [3.63, 3.8) is 0 Å². The number of aryl methyl sites for hydroxylation is 1. The summed E-state index contributed by atoms with van der Waals surface area (Å²) in [6.07, 6.45) is 4.35. The second-order valence-corrected chi connectivity index (χ2v) is 5.61. The van der Waals surface area contributed by atoms with E-state index in [0.29, 0.717) is 6.54 Å². The minimum absolute atomic E-state index is 0.654. The van der Waals surface area contributed by atoms with Crippen molar-refractivity contribution in [1.82, 2.24) is 15.2 Å². The number of hydrogen-bond donors (Lipinski definition) is 1. The van der Waals surface area contributed by atoms with Crippen molar-refractivity contribution < 1.29 is 0 Å². The lowest BCUT2D eigenvalue weighted by Crippen LogP contribution is -2.45. The fourth-order valence-electron chi connectivity index (χ4n) is 2.48. The van der Waals surface area contributed by atoms with Crippen molar-refractivity contribution in [2.75, 3.05) is 19.6 Å². The SMILES string of the molecule is CCNC(=NCc1ncccc1C)N1CCC(C)CC1. The summed E-state index contributed by atoms with van der Waals surface area (Å²) in [5.74, 6) is 1.87. The van der Waals surface area contributed by atoms with Crippen LogP contribution in [0.3, 0.4) is 0 Å². The Hall–Kier alpha value is -1.58. The third-order valence-electron chi connectivity index (χ3n) is 3.91. The van der Waals surface area contributed by atoms with Crippen molar-refractivity contribution >= 4 is 5.96 Å². The summed E-state index contributed by atoms with van der Waals surface area (Å²) in [5, 5.41) is 3.41. The summed E-state index contributed by atoms with van der Waals surface area (Å²) in [6.45, 7) is 10.3. The van der Waals surface area contributed by atoms with Gasteiger partial charge >= 0.3 is 0 Å². The molecule has 0 amide bonds. The molecule has 0 aromatic carbocycles. The van der Waals surface area contributed by atoms with Gasteiger partial charge in [0, 0.05) is 25.8 Å². The number of rotatable bonds is 3. The third kappa shape index (κ3) is 3.95. The summed E-state index contributed by atoms with van der Waals surface area (Å²) in [4.78, 5) is 11.6. The highest BCUT2D eigenvalue weighted by molar-refractivity contribution is 5.80. The van der Waals surface area contributed by atoms with Gasteiger partial charge in [0.15, 0.2) is 5.96 Å². The maximum absolute atomic E-state index is 4.76. The van der Waals surface area contributed by atoms with Crippen LogP contribution in [0.1, 0.15) is 37.9 Å². The van der Waals surface area contributed by atoms with Gasteiger partial charge in [-0.1, -0.05) is 13.0 Å². The minimum Gasteiger partial charge on any atom is -0.357 e. The number of nitrogens with zero attached hydrogens (tertiary/aromatic N) is 3. The van der Waals surface area contributed by atoms with Crippen molar-refractivity contribution in [3.8, 4) is 0 Å². The molecule has 110 valence electrons. The lowest BCUT2D eigenvalue weighted by Gasteiger charge is -2.33. The quantitative estimate of drug-likeness (QED) is 0.680. The molecule has 0 radical (unpaired) electrons. The van der Waals surface area contributed by atoms with Gasteiger partial charge in [-0.15, -0.1) is 0 Å². The molecule has 0 spiro atoms. The second kappa shape index (κ2) is 7.27. The Morgan fingerprint density at radius 1 is 1.45 bits per heavy atom. The normalized spacial score (nSPS) is 17.4. The third-order valence-corrected chi connectivity index (χ3v) is 3.91. The smallest absolute Gasteiger partial charge is 0.194 e. The maximum atomic E-state index is 4.76. The van der Waals surface area contributed by atoms with Gasteiger partial charge in [-0.2, -0.15) is 0 Å². The van der Waals surface area contributed by atoms with E-state index in [4.69, 9.17) is 4.99 Å². The number of pyridine rings is 1. The highest BCUT2D eigenvalue weighted by Crippen LogP contribution is 2.16. The van der Waals surface area contributed by atoms with Gasteiger partial charge < -0.3 is 10.2 Å². The fraction of sp³-hybridized carbons (Fsp3) is 0.625. The Balaban J connectivity index is 2.04. The Morgan fingerprint density at radius 2 is 2.20 bits per heavy atom. The molecule has 1 saturated heterocycles. The van der Waals surface area contributed by atoms with Crippen LogP contribution in [0, 0.1) is 12.8 Å². The standard InChI is InChI=1S/C16H26N4/c1-4-17-16(20-10-7-13(2)8-11-20)19-12-15-14(3)6-5-9-18-15/h5-6,9,13H,4,7-8,10-12H2,1-3H3,(H,17,19). The number of likely N-dealkylation sites (tertiary alicyclic amines) is 1.